The fourth-order valence-electron chi connectivity index (χ4n) is 5.94. The van der Waals surface area contributed by atoms with Crippen LogP contribution in [0.1, 0.15) is 53.9 Å². The summed E-state index contributed by atoms with van der Waals surface area (Å²) < 4.78 is 44.0. The summed E-state index contributed by atoms with van der Waals surface area (Å²) in [5.41, 5.74) is -0.245. The molecule has 1 saturated carbocycles. The van der Waals surface area contributed by atoms with E-state index in [1.165, 1.54) is 12.1 Å². The standard InChI is InChI=1S/C27H28ClF3N4O3/c28-17-10-16(11-18(29)12-17)19-5-9-34(25(38)20-4-3-8-35-15-32-13-22(20)35)14-21(19)33-24(37)23(36)27(26(30)31)6-1-2-7-27/h3-4,8,10-13,15,19,21,23,26,36H,1-2,5-7,9,14H2,(H,33,37)/t19-,21+,23?/m0/s1. The van der Waals surface area contributed by atoms with Crippen LogP contribution >= 0.6 is 11.6 Å². The summed E-state index contributed by atoms with van der Waals surface area (Å²) in [6.45, 7) is 0.343. The van der Waals surface area contributed by atoms with Gasteiger partial charge in [-0.3, -0.25) is 9.59 Å². The first-order chi connectivity index (χ1) is 18.2. The van der Waals surface area contributed by atoms with Crippen LogP contribution in [0.15, 0.2) is 49.1 Å². The van der Waals surface area contributed by atoms with E-state index < -0.39 is 41.6 Å². The predicted octanol–water partition coefficient (Wildman–Crippen LogP) is 4.43. The summed E-state index contributed by atoms with van der Waals surface area (Å²) in [5.74, 6) is -2.21. The van der Waals surface area contributed by atoms with Gasteiger partial charge < -0.3 is 19.7 Å². The number of hydrogen-bond acceptors (Lipinski definition) is 4. The second kappa shape index (κ2) is 10.6. The largest absolute Gasteiger partial charge is 0.382 e. The van der Waals surface area contributed by atoms with Crippen molar-refractivity contribution in [1.29, 1.82) is 0 Å². The zero-order valence-corrected chi connectivity index (χ0v) is 21.3. The van der Waals surface area contributed by atoms with Gasteiger partial charge in [0, 0.05) is 30.2 Å². The first-order valence-corrected chi connectivity index (χ1v) is 13.0. The number of hydrogen-bond donors (Lipinski definition) is 2. The Morgan fingerprint density at radius 1 is 1.21 bits per heavy atom. The summed E-state index contributed by atoms with van der Waals surface area (Å²) in [4.78, 5) is 32.4. The van der Waals surface area contributed by atoms with Crippen molar-refractivity contribution in [1.82, 2.24) is 19.6 Å². The average molecular weight is 549 g/mol. The minimum Gasteiger partial charge on any atom is -0.382 e. The van der Waals surface area contributed by atoms with Crippen LogP contribution in [0.25, 0.3) is 5.52 Å². The highest BCUT2D eigenvalue weighted by Gasteiger charge is 2.51. The van der Waals surface area contributed by atoms with Crippen molar-refractivity contribution >= 4 is 28.9 Å². The summed E-state index contributed by atoms with van der Waals surface area (Å²) in [5, 5.41) is 13.7. The molecule has 1 aliphatic carbocycles. The molecule has 3 atom stereocenters. The van der Waals surface area contributed by atoms with Gasteiger partial charge in [-0.1, -0.05) is 24.4 Å². The van der Waals surface area contributed by atoms with Crippen molar-refractivity contribution < 1.29 is 27.9 Å². The maximum atomic E-state index is 14.2. The molecule has 2 aliphatic rings. The zero-order valence-electron chi connectivity index (χ0n) is 20.5. The fraction of sp³-hybridized carbons (Fsp3) is 0.444. The second-order valence-electron chi connectivity index (χ2n) is 10.2. The number of carbonyl (C=O) groups is 2. The van der Waals surface area contributed by atoms with Gasteiger partial charge in [0.05, 0.1) is 35.1 Å². The molecule has 3 aromatic rings. The fourth-order valence-corrected chi connectivity index (χ4v) is 6.17. The Hall–Kier alpha value is -3.11. The van der Waals surface area contributed by atoms with Crippen LogP contribution in [0.5, 0.6) is 0 Å². The van der Waals surface area contributed by atoms with E-state index in [1.54, 1.807) is 46.2 Å². The lowest BCUT2D eigenvalue weighted by Gasteiger charge is -2.41. The molecule has 2 N–H and O–H groups in total. The van der Waals surface area contributed by atoms with Crippen molar-refractivity contribution in [2.24, 2.45) is 5.41 Å². The molecule has 11 heteroatoms. The van der Waals surface area contributed by atoms with Gasteiger partial charge in [0.2, 0.25) is 12.3 Å². The van der Waals surface area contributed by atoms with Crippen molar-refractivity contribution in [3.8, 4) is 0 Å². The number of fused-ring (bicyclic) bond motifs is 1. The molecule has 2 amide bonds. The smallest absolute Gasteiger partial charge is 0.256 e. The zero-order chi connectivity index (χ0) is 27.0. The number of rotatable bonds is 6. The van der Waals surface area contributed by atoms with Gasteiger partial charge >= 0.3 is 0 Å². The van der Waals surface area contributed by atoms with Crippen LogP contribution in [0.4, 0.5) is 13.2 Å². The molecule has 5 rings (SSSR count). The molecular weight excluding hydrogens is 521 g/mol. The Morgan fingerprint density at radius 3 is 2.68 bits per heavy atom. The first kappa shape index (κ1) is 26.5. The van der Waals surface area contributed by atoms with E-state index in [-0.39, 0.29) is 30.3 Å². The Morgan fingerprint density at radius 2 is 1.97 bits per heavy atom. The van der Waals surface area contributed by atoms with Crippen molar-refractivity contribution in [3.63, 3.8) is 0 Å². The summed E-state index contributed by atoms with van der Waals surface area (Å²) in [7, 11) is 0. The van der Waals surface area contributed by atoms with Gasteiger partial charge in [-0.25, -0.2) is 18.2 Å². The van der Waals surface area contributed by atoms with Crippen LogP contribution in [0.2, 0.25) is 5.02 Å². The molecule has 1 aliphatic heterocycles. The molecule has 202 valence electrons. The average Bonchev–Trinajstić information content (AvgIpc) is 3.58. The van der Waals surface area contributed by atoms with Crippen molar-refractivity contribution in [2.75, 3.05) is 13.1 Å². The molecule has 7 nitrogen and oxygen atoms in total. The Balaban J connectivity index is 1.43. The molecule has 2 aromatic heterocycles. The highest BCUT2D eigenvalue weighted by molar-refractivity contribution is 6.30. The predicted molar refractivity (Wildman–Crippen MR) is 135 cm³/mol. The van der Waals surface area contributed by atoms with E-state index in [0.29, 0.717) is 42.5 Å². The number of carbonyl (C=O) groups excluding carboxylic acids is 2. The highest BCUT2D eigenvalue weighted by Crippen LogP contribution is 2.46. The van der Waals surface area contributed by atoms with Gasteiger partial charge in [-0.2, -0.15) is 0 Å². The van der Waals surface area contributed by atoms with E-state index in [0.717, 1.165) is 0 Å². The lowest BCUT2D eigenvalue weighted by molar-refractivity contribution is -0.148. The van der Waals surface area contributed by atoms with E-state index >= 15 is 0 Å². The summed E-state index contributed by atoms with van der Waals surface area (Å²) in [6.07, 6.45) is 1.63. The maximum Gasteiger partial charge on any atom is 0.256 e. The van der Waals surface area contributed by atoms with E-state index in [9.17, 15) is 27.9 Å². The van der Waals surface area contributed by atoms with Gasteiger partial charge in [-0.05, 0) is 55.2 Å². The number of benzene rings is 1. The molecule has 1 saturated heterocycles. The molecule has 1 aromatic carbocycles. The number of aromatic nitrogens is 2. The summed E-state index contributed by atoms with van der Waals surface area (Å²) in [6, 6.07) is 6.71. The lowest BCUT2D eigenvalue weighted by Crippen LogP contribution is -2.57. The van der Waals surface area contributed by atoms with Crippen LogP contribution in [0, 0.1) is 11.2 Å². The third-order valence-electron chi connectivity index (χ3n) is 7.98. The number of imidazole rings is 1. The molecule has 38 heavy (non-hydrogen) atoms. The topological polar surface area (TPSA) is 86.9 Å². The molecule has 0 radical (unpaired) electrons. The van der Waals surface area contributed by atoms with Gasteiger partial charge in [0.25, 0.3) is 5.91 Å². The molecule has 0 bridgehead atoms. The Labute approximate surface area is 222 Å². The van der Waals surface area contributed by atoms with Crippen LogP contribution < -0.4 is 5.32 Å². The van der Waals surface area contributed by atoms with Gasteiger partial charge in [-0.15, -0.1) is 0 Å². The van der Waals surface area contributed by atoms with E-state index in [1.807, 2.05) is 0 Å². The van der Waals surface area contributed by atoms with Crippen LogP contribution in [-0.4, -0.2) is 62.9 Å². The number of likely N-dealkylation sites (tertiary alicyclic amines) is 1. The Kier molecular flexibility index (Phi) is 7.37. The van der Waals surface area contributed by atoms with Gasteiger partial charge in [0.1, 0.15) is 11.9 Å². The first-order valence-electron chi connectivity index (χ1n) is 12.6. The molecule has 1 unspecified atom stereocenters. The van der Waals surface area contributed by atoms with Crippen LogP contribution in [-0.2, 0) is 4.79 Å². The number of nitrogens with one attached hydrogen (secondary N) is 1. The van der Waals surface area contributed by atoms with Crippen LogP contribution in [0.3, 0.4) is 0 Å². The number of aliphatic hydroxyl groups is 1. The minimum atomic E-state index is -2.86. The normalized spacial score (nSPS) is 22.1. The monoisotopic (exact) mass is 548 g/mol. The number of alkyl halides is 2. The molecule has 0 spiro atoms. The third kappa shape index (κ3) is 4.87. The quantitative estimate of drug-likeness (QED) is 0.477. The third-order valence-corrected chi connectivity index (χ3v) is 8.20. The van der Waals surface area contributed by atoms with Crippen molar-refractivity contribution in [3.05, 3.63) is 71.0 Å². The van der Waals surface area contributed by atoms with E-state index in [2.05, 4.69) is 10.3 Å². The Bertz CT molecular complexity index is 1320. The number of halogens is 4. The van der Waals surface area contributed by atoms with Crippen molar-refractivity contribution in [2.45, 2.75) is 56.6 Å². The lowest BCUT2D eigenvalue weighted by atomic mass is 9.79. The number of amides is 2. The minimum absolute atomic E-state index is 0.0347. The summed E-state index contributed by atoms with van der Waals surface area (Å²) >= 11 is 6.09. The number of aliphatic hydroxyl groups excluding tert-OH is 1. The number of piperidine rings is 1. The SMILES string of the molecule is O=C(N[C@@H]1CN(C(=O)c2cccn3cncc23)CC[C@H]1c1cc(F)cc(Cl)c1)C(O)C1(C(F)F)CCCC1. The molecule has 3 heterocycles. The second-order valence-corrected chi connectivity index (χ2v) is 10.7. The molecule has 2 fully saturated rings. The number of nitrogens with zero attached hydrogens (tertiary/aromatic N) is 3. The maximum absolute atomic E-state index is 14.2. The van der Waals surface area contributed by atoms with Gasteiger partial charge in [0.15, 0.2) is 0 Å². The van der Waals surface area contributed by atoms with E-state index in [4.69, 9.17) is 11.6 Å². The number of pyridine rings is 1. The molecular formula is C27H28ClF3N4O3. The highest BCUT2D eigenvalue weighted by atomic mass is 35.5.